The highest BCUT2D eigenvalue weighted by atomic mass is 32.1. The van der Waals surface area contributed by atoms with E-state index < -0.39 is 0 Å². The van der Waals surface area contributed by atoms with Crippen molar-refractivity contribution in [3.05, 3.63) is 58.3 Å². The molecule has 1 aliphatic rings. The van der Waals surface area contributed by atoms with Crippen molar-refractivity contribution in [3.8, 4) is 0 Å². The molecule has 1 fully saturated rings. The van der Waals surface area contributed by atoms with Crippen LogP contribution >= 0.6 is 11.3 Å². The number of rotatable bonds is 6. The lowest BCUT2D eigenvalue weighted by Crippen LogP contribution is -2.43. The maximum absolute atomic E-state index is 12.5. The monoisotopic (exact) mass is 341 g/mol. The lowest BCUT2D eigenvalue weighted by atomic mass is 9.90. The van der Waals surface area contributed by atoms with Gasteiger partial charge in [-0.15, -0.1) is 11.3 Å². The summed E-state index contributed by atoms with van der Waals surface area (Å²) in [6, 6.07) is 14.1. The Labute approximate surface area is 147 Å². The third kappa shape index (κ3) is 4.54. The van der Waals surface area contributed by atoms with E-state index in [-0.39, 0.29) is 11.8 Å². The summed E-state index contributed by atoms with van der Waals surface area (Å²) in [6.07, 6.45) is 3.66. The van der Waals surface area contributed by atoms with E-state index in [0.29, 0.717) is 25.2 Å². The molecule has 0 bridgehead atoms. The van der Waals surface area contributed by atoms with Gasteiger partial charge in [-0.1, -0.05) is 36.4 Å². The average Bonchev–Trinajstić information content (AvgIpc) is 3.13. The zero-order chi connectivity index (χ0) is 16.8. The van der Waals surface area contributed by atoms with Crippen molar-refractivity contribution < 1.29 is 9.59 Å². The van der Waals surface area contributed by atoms with Crippen molar-refractivity contribution in [2.75, 3.05) is 13.1 Å². The quantitative estimate of drug-likeness (QED) is 0.803. The maximum atomic E-state index is 12.5. The van der Waals surface area contributed by atoms with Crippen LogP contribution in [-0.2, 0) is 22.4 Å². The number of carbonyl (C=O) groups excluding carboxylic acids is 2. The van der Waals surface area contributed by atoms with Gasteiger partial charge >= 0.3 is 0 Å². The molecule has 126 valence electrons. The Kier molecular flexibility index (Phi) is 5.81. The van der Waals surface area contributed by atoms with Gasteiger partial charge in [0.1, 0.15) is 5.78 Å². The number of likely N-dealkylation sites (tertiary alicyclic amines) is 1. The Balaban J connectivity index is 1.51. The van der Waals surface area contributed by atoms with Gasteiger partial charge in [0.2, 0.25) is 5.91 Å². The van der Waals surface area contributed by atoms with E-state index in [1.165, 1.54) is 5.56 Å². The summed E-state index contributed by atoms with van der Waals surface area (Å²) in [4.78, 5) is 27.9. The summed E-state index contributed by atoms with van der Waals surface area (Å²) in [6.45, 7) is 1.38. The van der Waals surface area contributed by atoms with Crippen molar-refractivity contribution in [3.63, 3.8) is 0 Å². The molecule has 1 aromatic heterocycles. The lowest BCUT2D eigenvalue weighted by molar-refractivity contribution is -0.134. The predicted octanol–water partition coefficient (Wildman–Crippen LogP) is 3.73. The highest BCUT2D eigenvalue weighted by molar-refractivity contribution is 7.10. The molecule has 0 radical (unpaired) electrons. The van der Waals surface area contributed by atoms with Gasteiger partial charge < -0.3 is 4.90 Å². The second-order valence-electron chi connectivity index (χ2n) is 6.39. The van der Waals surface area contributed by atoms with Crippen molar-refractivity contribution in [1.82, 2.24) is 4.90 Å². The van der Waals surface area contributed by atoms with Crippen LogP contribution in [-0.4, -0.2) is 29.7 Å². The van der Waals surface area contributed by atoms with E-state index in [1.807, 2.05) is 40.6 Å². The molecule has 0 unspecified atom stereocenters. The molecule has 0 saturated carbocycles. The van der Waals surface area contributed by atoms with E-state index in [1.54, 1.807) is 11.3 Å². The number of piperidine rings is 1. The minimum absolute atomic E-state index is 0.00903. The Morgan fingerprint density at radius 2 is 1.96 bits per heavy atom. The number of aryl methyl sites for hydroxylation is 1. The number of hydrogen-bond acceptors (Lipinski definition) is 3. The Hall–Kier alpha value is -1.94. The third-order valence-electron chi connectivity index (χ3n) is 4.64. The first-order valence-corrected chi connectivity index (χ1v) is 9.47. The molecule has 0 aliphatic carbocycles. The molecule has 24 heavy (non-hydrogen) atoms. The van der Waals surface area contributed by atoms with Gasteiger partial charge in [-0.2, -0.15) is 0 Å². The fourth-order valence-electron chi connectivity index (χ4n) is 3.26. The maximum Gasteiger partial charge on any atom is 0.227 e. The van der Waals surface area contributed by atoms with Crippen LogP contribution in [0.15, 0.2) is 47.8 Å². The van der Waals surface area contributed by atoms with E-state index in [4.69, 9.17) is 0 Å². The molecule has 4 heteroatoms. The average molecular weight is 341 g/mol. The number of hydrogen-bond donors (Lipinski definition) is 0. The molecule has 2 heterocycles. The normalized spacial score (nSPS) is 17.7. The SMILES string of the molecule is O=C(CCc1ccccc1)[C@H]1CCCN(C(=O)Cc2cccs2)C1. The highest BCUT2D eigenvalue weighted by Gasteiger charge is 2.28. The Bertz CT molecular complexity index is 666. The fourth-order valence-corrected chi connectivity index (χ4v) is 3.95. The van der Waals surface area contributed by atoms with Crippen LogP contribution in [0.1, 0.15) is 29.7 Å². The Morgan fingerprint density at radius 1 is 1.12 bits per heavy atom. The number of nitrogens with zero attached hydrogens (tertiary/aromatic N) is 1. The predicted molar refractivity (Wildman–Crippen MR) is 97.1 cm³/mol. The van der Waals surface area contributed by atoms with Gasteiger partial charge in [-0.05, 0) is 36.3 Å². The molecule has 1 aliphatic heterocycles. The molecule has 3 nitrogen and oxygen atoms in total. The lowest BCUT2D eigenvalue weighted by Gasteiger charge is -2.32. The number of thiophene rings is 1. The van der Waals surface area contributed by atoms with Crippen molar-refractivity contribution in [2.24, 2.45) is 5.92 Å². The summed E-state index contributed by atoms with van der Waals surface area (Å²) in [5.41, 5.74) is 1.20. The van der Waals surface area contributed by atoms with Gasteiger partial charge in [-0.25, -0.2) is 0 Å². The molecule has 2 aromatic rings. The molecule has 1 amide bonds. The summed E-state index contributed by atoms with van der Waals surface area (Å²) < 4.78 is 0. The van der Waals surface area contributed by atoms with Crippen LogP contribution in [0.5, 0.6) is 0 Å². The van der Waals surface area contributed by atoms with Gasteiger partial charge in [-0.3, -0.25) is 9.59 Å². The molecule has 1 aromatic carbocycles. The number of carbonyl (C=O) groups is 2. The minimum atomic E-state index is 0.00903. The molecule has 0 spiro atoms. The highest BCUT2D eigenvalue weighted by Crippen LogP contribution is 2.21. The zero-order valence-electron chi connectivity index (χ0n) is 13.8. The first-order valence-electron chi connectivity index (χ1n) is 8.59. The van der Waals surface area contributed by atoms with E-state index in [0.717, 1.165) is 30.7 Å². The second kappa shape index (κ2) is 8.25. The number of amides is 1. The van der Waals surface area contributed by atoms with E-state index >= 15 is 0 Å². The smallest absolute Gasteiger partial charge is 0.227 e. The number of Topliss-reactive ketones (excluding diaryl/α,β-unsaturated/α-hetero) is 1. The van der Waals surface area contributed by atoms with Crippen LogP contribution < -0.4 is 0 Å². The summed E-state index contributed by atoms with van der Waals surface area (Å²) in [5.74, 6) is 0.459. The third-order valence-corrected chi connectivity index (χ3v) is 5.51. The van der Waals surface area contributed by atoms with Gasteiger partial charge in [0.05, 0.1) is 6.42 Å². The Morgan fingerprint density at radius 3 is 2.71 bits per heavy atom. The number of ketones is 1. The van der Waals surface area contributed by atoms with E-state index in [9.17, 15) is 9.59 Å². The van der Waals surface area contributed by atoms with Crippen LogP contribution in [0.25, 0.3) is 0 Å². The van der Waals surface area contributed by atoms with Crippen LogP contribution in [0.3, 0.4) is 0 Å². The summed E-state index contributed by atoms with van der Waals surface area (Å²) in [5, 5.41) is 1.99. The molecule has 3 rings (SSSR count). The van der Waals surface area contributed by atoms with Gasteiger partial charge in [0, 0.05) is 30.3 Å². The van der Waals surface area contributed by atoms with Gasteiger partial charge in [0.15, 0.2) is 0 Å². The summed E-state index contributed by atoms with van der Waals surface area (Å²) in [7, 11) is 0. The topological polar surface area (TPSA) is 37.4 Å². The molecule has 0 N–H and O–H groups in total. The molecule has 1 atom stereocenters. The van der Waals surface area contributed by atoms with Crippen LogP contribution in [0, 0.1) is 5.92 Å². The zero-order valence-corrected chi connectivity index (χ0v) is 14.6. The second-order valence-corrected chi connectivity index (χ2v) is 7.42. The molecular formula is C20H23NO2S. The van der Waals surface area contributed by atoms with Crippen LogP contribution in [0.2, 0.25) is 0 Å². The fraction of sp³-hybridized carbons (Fsp3) is 0.400. The largest absolute Gasteiger partial charge is 0.342 e. The standard InChI is InChI=1S/C20H23NO2S/c22-19(11-10-16-6-2-1-3-7-16)17-8-4-12-21(15-17)20(23)14-18-9-5-13-24-18/h1-3,5-7,9,13,17H,4,8,10-12,14-15H2/t17-/m0/s1. The van der Waals surface area contributed by atoms with Gasteiger partial charge in [0.25, 0.3) is 0 Å². The minimum Gasteiger partial charge on any atom is -0.342 e. The first kappa shape index (κ1) is 16.9. The summed E-state index contributed by atoms with van der Waals surface area (Å²) >= 11 is 1.61. The number of benzene rings is 1. The first-order chi connectivity index (χ1) is 11.7. The van der Waals surface area contributed by atoms with Crippen LogP contribution in [0.4, 0.5) is 0 Å². The van der Waals surface area contributed by atoms with Crippen molar-refractivity contribution in [1.29, 1.82) is 0 Å². The van der Waals surface area contributed by atoms with Crippen molar-refractivity contribution in [2.45, 2.75) is 32.1 Å². The van der Waals surface area contributed by atoms with E-state index in [2.05, 4.69) is 12.1 Å². The van der Waals surface area contributed by atoms with Crippen molar-refractivity contribution >= 4 is 23.0 Å². The molecule has 1 saturated heterocycles. The molecular weight excluding hydrogens is 318 g/mol.